The van der Waals surface area contributed by atoms with Crippen molar-refractivity contribution in [1.29, 1.82) is 0 Å². The summed E-state index contributed by atoms with van der Waals surface area (Å²) in [4.78, 5) is 0. The van der Waals surface area contributed by atoms with E-state index in [4.69, 9.17) is 6.42 Å². The predicted octanol–water partition coefficient (Wildman–Crippen LogP) is 4.63. The van der Waals surface area contributed by atoms with Crippen molar-refractivity contribution in [2.45, 2.75) is 32.1 Å². The molecule has 2 atom stereocenters. The fourth-order valence-electron chi connectivity index (χ4n) is 2.62. The quantitative estimate of drug-likeness (QED) is 0.607. The van der Waals surface area contributed by atoms with E-state index in [1.165, 1.54) is 18.3 Å². The van der Waals surface area contributed by atoms with Gasteiger partial charge in [-0.2, -0.15) is 0 Å². The smallest absolute Gasteiger partial charge is 0.0253 e. The van der Waals surface area contributed by atoms with E-state index in [0.29, 0.717) is 0 Å². The first kappa shape index (κ1) is 11.7. The normalized spacial score (nSPS) is 25.8. The molecule has 2 saturated carbocycles. The second-order valence-electron chi connectivity index (χ2n) is 4.68. The van der Waals surface area contributed by atoms with Gasteiger partial charge in [0, 0.05) is 10.0 Å². The van der Waals surface area contributed by atoms with E-state index in [9.17, 15) is 0 Å². The summed E-state index contributed by atoms with van der Waals surface area (Å²) < 4.78 is 1.03. The molecule has 16 heavy (non-hydrogen) atoms. The van der Waals surface area contributed by atoms with Gasteiger partial charge in [0.15, 0.2) is 0 Å². The van der Waals surface area contributed by atoms with Gasteiger partial charge in [-0.25, -0.2) is 0 Å². The minimum atomic E-state index is 0.907. The van der Waals surface area contributed by atoms with E-state index in [2.05, 4.69) is 21.9 Å². The fourth-order valence-corrected chi connectivity index (χ4v) is 3.02. The Morgan fingerprint density at radius 2 is 1.81 bits per heavy atom. The molecule has 0 saturated heterocycles. The van der Waals surface area contributed by atoms with Crippen molar-refractivity contribution in [3.05, 3.63) is 34.3 Å². The molecule has 2 unspecified atom stereocenters. The number of halogens is 1. The van der Waals surface area contributed by atoms with Crippen LogP contribution in [0.25, 0.3) is 0 Å². The van der Waals surface area contributed by atoms with Crippen LogP contribution in [0.15, 0.2) is 28.7 Å². The summed E-state index contributed by atoms with van der Waals surface area (Å²) in [5.41, 5.74) is 0.907. The molecule has 0 N–H and O–H groups in total. The molecule has 0 radical (unpaired) electrons. The zero-order valence-electron chi connectivity index (χ0n) is 9.45. The van der Waals surface area contributed by atoms with Gasteiger partial charge < -0.3 is 0 Å². The lowest BCUT2D eigenvalue weighted by molar-refractivity contribution is 0.219. The van der Waals surface area contributed by atoms with E-state index in [-0.39, 0.29) is 0 Å². The summed E-state index contributed by atoms with van der Waals surface area (Å²) in [5, 5.41) is 0. The second-order valence-corrected chi connectivity index (χ2v) is 5.60. The van der Waals surface area contributed by atoms with E-state index in [0.717, 1.165) is 10.0 Å². The van der Waals surface area contributed by atoms with E-state index >= 15 is 0 Å². The molecule has 0 heterocycles. The van der Waals surface area contributed by atoms with Crippen molar-refractivity contribution in [3.63, 3.8) is 0 Å². The van der Waals surface area contributed by atoms with Gasteiger partial charge in [0.1, 0.15) is 0 Å². The fraction of sp³-hybridized carbons (Fsp3) is 0.467. The van der Waals surface area contributed by atoms with Gasteiger partial charge >= 0.3 is 0 Å². The lowest BCUT2D eigenvalue weighted by atomic mass is 9.77. The van der Waals surface area contributed by atoms with Crippen LogP contribution in [0.1, 0.15) is 37.7 Å². The molecule has 3 rings (SSSR count). The molecule has 2 aliphatic carbocycles. The summed E-state index contributed by atoms with van der Waals surface area (Å²) in [7, 11) is 0. The minimum Gasteiger partial charge on any atom is -0.115 e. The van der Waals surface area contributed by atoms with Crippen LogP contribution in [0.5, 0.6) is 0 Å². The average Bonchev–Trinajstić information content (AvgIpc) is 2.59. The molecule has 0 amide bonds. The molecule has 0 nitrogen and oxygen atoms in total. The Bertz CT molecular complexity index is 379. The average molecular weight is 277 g/mol. The molecular weight excluding hydrogens is 260 g/mol. The Labute approximate surface area is 107 Å². The summed E-state index contributed by atoms with van der Waals surface area (Å²) >= 11 is 3.31. The Morgan fingerprint density at radius 1 is 1.12 bits per heavy atom. The van der Waals surface area contributed by atoms with E-state index < -0.39 is 0 Å². The van der Waals surface area contributed by atoms with Gasteiger partial charge in [0.2, 0.25) is 0 Å². The molecule has 1 aromatic rings. The van der Waals surface area contributed by atoms with Crippen LogP contribution in [0.3, 0.4) is 0 Å². The Hall–Kier alpha value is -0.740. The topological polar surface area (TPSA) is 0 Å². The molecule has 1 heteroatoms. The molecule has 0 aromatic heterocycles. The van der Waals surface area contributed by atoms with Gasteiger partial charge in [-0.1, -0.05) is 47.2 Å². The molecule has 84 valence electrons. The van der Waals surface area contributed by atoms with Gasteiger partial charge in [-0.05, 0) is 42.9 Å². The molecule has 2 fully saturated rings. The van der Waals surface area contributed by atoms with Crippen LogP contribution in [0, 0.1) is 24.2 Å². The minimum absolute atomic E-state index is 0.907. The van der Waals surface area contributed by atoms with Crippen molar-refractivity contribution in [1.82, 2.24) is 0 Å². The maximum atomic E-state index is 5.15. The molecular formula is C15H17Br. The first-order valence-corrected chi connectivity index (χ1v) is 6.81. The molecule has 1 aromatic carbocycles. The summed E-state index contributed by atoms with van der Waals surface area (Å²) in [5.74, 6) is 4.93. The van der Waals surface area contributed by atoms with Gasteiger partial charge in [-0.3, -0.25) is 0 Å². The SMILES string of the molecule is C#Cc1cccc(Br)c1.C1CC2CCC2C1. The number of fused-ring (bicyclic) bond motifs is 1. The Kier molecular flexibility index (Phi) is 4.07. The van der Waals surface area contributed by atoms with Gasteiger partial charge in [0.05, 0.1) is 0 Å². The van der Waals surface area contributed by atoms with E-state index in [1.807, 2.05) is 24.3 Å². The summed E-state index contributed by atoms with van der Waals surface area (Å²) in [6, 6.07) is 7.66. The zero-order chi connectivity index (χ0) is 11.4. The zero-order valence-corrected chi connectivity index (χ0v) is 11.0. The van der Waals surface area contributed by atoms with Crippen LogP contribution in [0.4, 0.5) is 0 Å². The maximum absolute atomic E-state index is 5.15. The lowest BCUT2D eigenvalue weighted by Gasteiger charge is -2.29. The molecule has 0 aliphatic heterocycles. The number of terminal acetylenes is 1. The standard InChI is InChI=1S/C8H5Br.C7H12/c1-2-7-4-3-5-8(9)6-7;1-2-6-4-5-7(6)3-1/h1,3-6H;6-7H,1-5H2. The monoisotopic (exact) mass is 276 g/mol. The molecule has 0 spiro atoms. The number of hydrogen-bond donors (Lipinski definition) is 0. The third-order valence-electron chi connectivity index (χ3n) is 3.72. The largest absolute Gasteiger partial charge is 0.115 e. The Balaban J connectivity index is 0.000000123. The van der Waals surface area contributed by atoms with E-state index in [1.54, 1.807) is 25.7 Å². The first-order chi connectivity index (χ1) is 7.79. The van der Waals surface area contributed by atoms with Crippen LogP contribution in [0.2, 0.25) is 0 Å². The van der Waals surface area contributed by atoms with Crippen molar-refractivity contribution >= 4 is 15.9 Å². The predicted molar refractivity (Wildman–Crippen MR) is 72.1 cm³/mol. The maximum Gasteiger partial charge on any atom is 0.0253 e. The highest BCUT2D eigenvalue weighted by molar-refractivity contribution is 9.10. The summed E-state index contributed by atoms with van der Waals surface area (Å²) in [6.45, 7) is 0. The number of benzene rings is 1. The van der Waals surface area contributed by atoms with Crippen LogP contribution < -0.4 is 0 Å². The third kappa shape index (κ3) is 2.89. The van der Waals surface area contributed by atoms with Gasteiger partial charge in [-0.15, -0.1) is 6.42 Å². The van der Waals surface area contributed by atoms with Crippen LogP contribution >= 0.6 is 15.9 Å². The van der Waals surface area contributed by atoms with Crippen molar-refractivity contribution in [2.24, 2.45) is 11.8 Å². The first-order valence-electron chi connectivity index (χ1n) is 6.02. The second kappa shape index (κ2) is 5.55. The van der Waals surface area contributed by atoms with Crippen molar-refractivity contribution in [2.75, 3.05) is 0 Å². The highest BCUT2D eigenvalue weighted by Crippen LogP contribution is 2.46. The van der Waals surface area contributed by atoms with Crippen LogP contribution in [-0.2, 0) is 0 Å². The third-order valence-corrected chi connectivity index (χ3v) is 4.21. The Morgan fingerprint density at radius 3 is 2.19 bits per heavy atom. The van der Waals surface area contributed by atoms with Crippen molar-refractivity contribution in [3.8, 4) is 12.3 Å². The number of hydrogen-bond acceptors (Lipinski definition) is 0. The highest BCUT2D eigenvalue weighted by Gasteiger charge is 2.34. The molecule has 2 aliphatic rings. The van der Waals surface area contributed by atoms with Crippen LogP contribution in [-0.4, -0.2) is 0 Å². The highest BCUT2D eigenvalue weighted by atomic mass is 79.9. The number of rotatable bonds is 0. The van der Waals surface area contributed by atoms with Crippen molar-refractivity contribution < 1.29 is 0 Å². The summed E-state index contributed by atoms with van der Waals surface area (Å²) in [6.07, 6.45) is 12.9. The molecule has 0 bridgehead atoms. The lowest BCUT2D eigenvalue weighted by Crippen LogP contribution is -2.18. The van der Waals surface area contributed by atoms with Gasteiger partial charge in [0.25, 0.3) is 0 Å².